The minimum absolute atomic E-state index is 0.0640. The molecular weight excluding hydrogens is 296 g/mol. The summed E-state index contributed by atoms with van der Waals surface area (Å²) in [4.78, 5) is 31.3. The van der Waals surface area contributed by atoms with Crippen LogP contribution in [-0.4, -0.2) is 15.3 Å². The van der Waals surface area contributed by atoms with E-state index >= 15 is 0 Å². The van der Waals surface area contributed by atoms with E-state index in [0.717, 1.165) is 48.1 Å². The van der Waals surface area contributed by atoms with Gasteiger partial charge in [-0.25, -0.2) is 4.98 Å². The van der Waals surface area contributed by atoms with Crippen LogP contribution in [0.3, 0.4) is 0 Å². The standard InChI is InChI=1S/C17H22N2O2S/c1-3-6-14-18-16-15(12-7-4-5-8-13(12)22-16)17(21)19(14)10-9-11(2)20/h3-10H2,1-2H3. The van der Waals surface area contributed by atoms with Gasteiger partial charge in [0.1, 0.15) is 16.4 Å². The first-order valence-electron chi connectivity index (χ1n) is 8.15. The molecule has 0 N–H and O–H groups in total. The third-order valence-corrected chi connectivity index (χ3v) is 5.50. The SMILES string of the molecule is CCCc1nc2sc3c(c2c(=O)n1CCC(C)=O)CCCC3. The van der Waals surface area contributed by atoms with Gasteiger partial charge in [-0.3, -0.25) is 14.2 Å². The molecule has 22 heavy (non-hydrogen) atoms. The lowest BCUT2D eigenvalue weighted by Crippen LogP contribution is -2.26. The topological polar surface area (TPSA) is 52.0 Å². The highest BCUT2D eigenvalue weighted by atomic mass is 32.1. The number of ketones is 1. The lowest BCUT2D eigenvalue weighted by atomic mass is 9.97. The number of aromatic nitrogens is 2. The third-order valence-electron chi connectivity index (χ3n) is 4.31. The number of carbonyl (C=O) groups is 1. The van der Waals surface area contributed by atoms with Crippen molar-refractivity contribution in [3.8, 4) is 0 Å². The summed E-state index contributed by atoms with van der Waals surface area (Å²) in [6.07, 6.45) is 6.56. The van der Waals surface area contributed by atoms with Crippen LogP contribution in [0.4, 0.5) is 0 Å². The summed E-state index contributed by atoms with van der Waals surface area (Å²) in [5.41, 5.74) is 1.29. The van der Waals surface area contributed by atoms with E-state index in [1.807, 2.05) is 0 Å². The van der Waals surface area contributed by atoms with Crippen molar-refractivity contribution in [1.82, 2.24) is 9.55 Å². The third kappa shape index (κ3) is 2.74. The first kappa shape index (κ1) is 15.4. The Morgan fingerprint density at radius 2 is 2.09 bits per heavy atom. The summed E-state index contributed by atoms with van der Waals surface area (Å²) in [5, 5.41) is 0.822. The Labute approximate surface area is 134 Å². The van der Waals surface area contributed by atoms with Crippen molar-refractivity contribution >= 4 is 27.3 Å². The number of hydrogen-bond donors (Lipinski definition) is 0. The summed E-state index contributed by atoms with van der Waals surface area (Å²) in [6, 6.07) is 0. The molecule has 0 aliphatic heterocycles. The molecule has 5 heteroatoms. The van der Waals surface area contributed by atoms with Crippen molar-refractivity contribution in [3.63, 3.8) is 0 Å². The number of Topliss-reactive ketones (excluding diaryl/α,β-unsaturated/α-hetero) is 1. The second-order valence-corrected chi connectivity index (χ2v) is 7.16. The molecular formula is C17H22N2O2S. The molecule has 0 unspecified atom stereocenters. The van der Waals surface area contributed by atoms with Crippen molar-refractivity contribution in [2.24, 2.45) is 0 Å². The quantitative estimate of drug-likeness (QED) is 0.850. The van der Waals surface area contributed by atoms with E-state index in [0.29, 0.717) is 13.0 Å². The molecule has 0 amide bonds. The van der Waals surface area contributed by atoms with Gasteiger partial charge in [0.25, 0.3) is 5.56 Å². The van der Waals surface area contributed by atoms with Crippen LogP contribution in [0.5, 0.6) is 0 Å². The van der Waals surface area contributed by atoms with Crippen LogP contribution in [0.2, 0.25) is 0 Å². The molecule has 0 saturated heterocycles. The van der Waals surface area contributed by atoms with Gasteiger partial charge < -0.3 is 0 Å². The molecule has 3 rings (SSSR count). The predicted octanol–water partition coefficient (Wildman–Crippen LogP) is 3.27. The second kappa shape index (κ2) is 6.32. The van der Waals surface area contributed by atoms with Crippen LogP contribution in [0.1, 0.15) is 55.8 Å². The second-order valence-electron chi connectivity index (χ2n) is 6.08. The van der Waals surface area contributed by atoms with Crippen LogP contribution < -0.4 is 5.56 Å². The van der Waals surface area contributed by atoms with Gasteiger partial charge >= 0.3 is 0 Å². The summed E-state index contributed by atoms with van der Waals surface area (Å²) in [7, 11) is 0. The number of nitrogens with zero attached hydrogens (tertiary/aromatic N) is 2. The molecule has 2 aromatic heterocycles. The molecule has 0 atom stereocenters. The number of carbonyl (C=O) groups excluding carboxylic acids is 1. The molecule has 0 bridgehead atoms. The molecule has 0 fully saturated rings. The van der Waals surface area contributed by atoms with Gasteiger partial charge in [0, 0.05) is 24.3 Å². The summed E-state index contributed by atoms with van der Waals surface area (Å²) in [5.74, 6) is 0.946. The summed E-state index contributed by atoms with van der Waals surface area (Å²) in [6.45, 7) is 4.12. The van der Waals surface area contributed by atoms with Gasteiger partial charge in [0.15, 0.2) is 0 Å². The van der Waals surface area contributed by atoms with Crippen LogP contribution in [0, 0.1) is 0 Å². The predicted molar refractivity (Wildman–Crippen MR) is 89.8 cm³/mol. The Morgan fingerprint density at radius 1 is 1.32 bits per heavy atom. The van der Waals surface area contributed by atoms with Crippen LogP contribution in [-0.2, 0) is 30.6 Å². The van der Waals surface area contributed by atoms with Crippen molar-refractivity contribution in [1.29, 1.82) is 0 Å². The minimum atomic E-state index is 0.0640. The van der Waals surface area contributed by atoms with Crippen LogP contribution >= 0.6 is 11.3 Å². The number of hydrogen-bond acceptors (Lipinski definition) is 4. The smallest absolute Gasteiger partial charge is 0.262 e. The zero-order valence-electron chi connectivity index (χ0n) is 13.3. The minimum Gasteiger partial charge on any atom is -0.300 e. The molecule has 0 aromatic carbocycles. The van der Waals surface area contributed by atoms with E-state index in [2.05, 4.69) is 6.92 Å². The zero-order chi connectivity index (χ0) is 15.7. The van der Waals surface area contributed by atoms with Crippen molar-refractivity contribution < 1.29 is 4.79 Å². The van der Waals surface area contributed by atoms with E-state index in [4.69, 9.17) is 4.98 Å². The molecule has 1 aliphatic rings. The van der Waals surface area contributed by atoms with Crippen LogP contribution in [0.25, 0.3) is 10.2 Å². The Morgan fingerprint density at radius 3 is 2.82 bits per heavy atom. The lowest BCUT2D eigenvalue weighted by molar-refractivity contribution is -0.117. The maximum Gasteiger partial charge on any atom is 0.262 e. The maximum atomic E-state index is 13.0. The van der Waals surface area contributed by atoms with E-state index in [-0.39, 0.29) is 11.3 Å². The maximum absolute atomic E-state index is 13.0. The monoisotopic (exact) mass is 318 g/mol. The van der Waals surface area contributed by atoms with Crippen molar-refractivity contribution in [2.75, 3.05) is 0 Å². The highest BCUT2D eigenvalue weighted by Gasteiger charge is 2.21. The normalized spacial score (nSPS) is 14.3. The number of thiophene rings is 1. The average molecular weight is 318 g/mol. The molecule has 118 valence electrons. The Kier molecular flexibility index (Phi) is 4.43. The zero-order valence-corrected chi connectivity index (χ0v) is 14.1. The number of fused-ring (bicyclic) bond motifs is 3. The van der Waals surface area contributed by atoms with Crippen molar-refractivity contribution in [2.45, 2.75) is 65.3 Å². The van der Waals surface area contributed by atoms with Gasteiger partial charge in [0.05, 0.1) is 5.39 Å². The Hall–Kier alpha value is -1.49. The van der Waals surface area contributed by atoms with Crippen molar-refractivity contribution in [3.05, 3.63) is 26.6 Å². The molecule has 0 spiro atoms. The summed E-state index contributed by atoms with van der Waals surface area (Å²) >= 11 is 1.70. The highest BCUT2D eigenvalue weighted by molar-refractivity contribution is 7.18. The van der Waals surface area contributed by atoms with Gasteiger partial charge in [-0.15, -0.1) is 11.3 Å². The number of aryl methyl sites for hydroxylation is 3. The Balaban J connectivity index is 2.17. The van der Waals surface area contributed by atoms with E-state index in [9.17, 15) is 9.59 Å². The Bertz CT molecular complexity index is 773. The first-order chi connectivity index (χ1) is 10.6. The van der Waals surface area contributed by atoms with E-state index < -0.39 is 0 Å². The average Bonchev–Trinajstić information content (AvgIpc) is 2.85. The lowest BCUT2D eigenvalue weighted by Gasteiger charge is -2.13. The molecule has 0 radical (unpaired) electrons. The van der Waals surface area contributed by atoms with Gasteiger partial charge in [0.2, 0.25) is 0 Å². The largest absolute Gasteiger partial charge is 0.300 e. The highest BCUT2D eigenvalue weighted by Crippen LogP contribution is 2.33. The summed E-state index contributed by atoms with van der Waals surface area (Å²) < 4.78 is 1.74. The van der Waals surface area contributed by atoms with Gasteiger partial charge in [-0.2, -0.15) is 0 Å². The van der Waals surface area contributed by atoms with Crippen LogP contribution in [0.15, 0.2) is 4.79 Å². The van der Waals surface area contributed by atoms with Gasteiger partial charge in [-0.05, 0) is 44.6 Å². The fourth-order valence-electron chi connectivity index (χ4n) is 3.19. The van der Waals surface area contributed by atoms with Gasteiger partial charge in [-0.1, -0.05) is 6.92 Å². The molecule has 0 saturated carbocycles. The number of rotatable bonds is 5. The molecule has 2 aromatic rings. The molecule has 1 aliphatic carbocycles. The van der Waals surface area contributed by atoms with E-state index in [1.54, 1.807) is 22.8 Å². The fourth-order valence-corrected chi connectivity index (χ4v) is 4.47. The molecule has 2 heterocycles. The van der Waals surface area contributed by atoms with E-state index in [1.165, 1.54) is 16.9 Å². The first-order valence-corrected chi connectivity index (χ1v) is 8.96. The molecule has 4 nitrogen and oxygen atoms in total. The fraction of sp³-hybridized carbons (Fsp3) is 0.588.